The first kappa shape index (κ1) is 12.3. The molecular weight excluding hydrogens is 263 g/mol. The monoisotopic (exact) mass is 274 g/mol. The standard InChI is InChI=1S/C10H11FN2O2S2/c11-9-3-2-7(6-8(9)10(12)16)13-4-1-5-17(13,14)15/h2-3,6H,1,4-5H2,(H2,12,16). The normalized spacial score (nSPS) is 18.3. The molecule has 0 amide bonds. The van der Waals surface area contributed by atoms with Crippen molar-refractivity contribution in [3.63, 3.8) is 0 Å². The molecule has 17 heavy (non-hydrogen) atoms. The van der Waals surface area contributed by atoms with Crippen molar-refractivity contribution in [3.8, 4) is 0 Å². The molecule has 1 aliphatic rings. The topological polar surface area (TPSA) is 63.4 Å². The highest BCUT2D eigenvalue weighted by Gasteiger charge is 2.28. The van der Waals surface area contributed by atoms with Gasteiger partial charge in [-0.15, -0.1) is 0 Å². The summed E-state index contributed by atoms with van der Waals surface area (Å²) in [6, 6.07) is 3.97. The summed E-state index contributed by atoms with van der Waals surface area (Å²) in [5.41, 5.74) is 5.85. The van der Waals surface area contributed by atoms with Crippen LogP contribution >= 0.6 is 12.2 Å². The molecule has 1 aliphatic heterocycles. The van der Waals surface area contributed by atoms with Gasteiger partial charge in [0.2, 0.25) is 10.0 Å². The van der Waals surface area contributed by atoms with Gasteiger partial charge in [0.15, 0.2) is 0 Å². The molecule has 0 aromatic heterocycles. The largest absolute Gasteiger partial charge is 0.389 e. The first-order chi connectivity index (χ1) is 7.92. The Morgan fingerprint density at radius 3 is 2.71 bits per heavy atom. The fourth-order valence-electron chi connectivity index (χ4n) is 1.79. The van der Waals surface area contributed by atoms with Crippen molar-refractivity contribution >= 4 is 32.9 Å². The number of hydrogen-bond donors (Lipinski definition) is 1. The molecular formula is C10H11FN2O2S2. The van der Waals surface area contributed by atoms with E-state index in [1.54, 1.807) is 0 Å². The Kier molecular flexibility index (Phi) is 3.05. The summed E-state index contributed by atoms with van der Waals surface area (Å²) in [6.07, 6.45) is 0.572. The third-order valence-electron chi connectivity index (χ3n) is 2.60. The molecule has 4 nitrogen and oxygen atoms in total. The fraction of sp³-hybridized carbons (Fsp3) is 0.300. The Morgan fingerprint density at radius 1 is 1.47 bits per heavy atom. The van der Waals surface area contributed by atoms with Crippen LogP contribution in [0.25, 0.3) is 0 Å². The Balaban J connectivity index is 2.47. The summed E-state index contributed by atoms with van der Waals surface area (Å²) in [6.45, 7) is 0.407. The Labute approximate surface area is 104 Å². The van der Waals surface area contributed by atoms with Crippen LogP contribution in [0.1, 0.15) is 12.0 Å². The molecule has 7 heteroatoms. The van der Waals surface area contributed by atoms with Gasteiger partial charge in [0.25, 0.3) is 0 Å². The number of benzene rings is 1. The molecule has 0 bridgehead atoms. The summed E-state index contributed by atoms with van der Waals surface area (Å²) >= 11 is 4.71. The molecule has 0 saturated carbocycles. The second kappa shape index (κ2) is 4.23. The van der Waals surface area contributed by atoms with E-state index in [4.69, 9.17) is 18.0 Å². The van der Waals surface area contributed by atoms with E-state index in [1.165, 1.54) is 22.5 Å². The number of nitrogens with zero attached hydrogens (tertiary/aromatic N) is 1. The van der Waals surface area contributed by atoms with Crippen LogP contribution in [0.3, 0.4) is 0 Å². The second-order valence-corrected chi connectivity index (χ2v) is 6.22. The van der Waals surface area contributed by atoms with Crippen LogP contribution in [-0.4, -0.2) is 25.7 Å². The van der Waals surface area contributed by atoms with Crippen LogP contribution in [0.5, 0.6) is 0 Å². The molecule has 0 radical (unpaired) electrons. The van der Waals surface area contributed by atoms with E-state index in [1.807, 2.05) is 0 Å². The van der Waals surface area contributed by atoms with Crippen molar-refractivity contribution in [2.24, 2.45) is 5.73 Å². The lowest BCUT2D eigenvalue weighted by Crippen LogP contribution is -2.25. The van der Waals surface area contributed by atoms with Gasteiger partial charge in [0, 0.05) is 12.1 Å². The molecule has 0 atom stereocenters. The summed E-state index contributed by atoms with van der Waals surface area (Å²) in [5, 5.41) is 0. The smallest absolute Gasteiger partial charge is 0.235 e. The Morgan fingerprint density at radius 2 is 2.18 bits per heavy atom. The molecule has 1 aromatic carbocycles. The van der Waals surface area contributed by atoms with Crippen LogP contribution in [0.4, 0.5) is 10.1 Å². The zero-order valence-electron chi connectivity index (χ0n) is 8.89. The highest BCUT2D eigenvalue weighted by molar-refractivity contribution is 7.93. The maximum Gasteiger partial charge on any atom is 0.235 e. The molecule has 2 rings (SSSR count). The van der Waals surface area contributed by atoms with Crippen molar-refractivity contribution < 1.29 is 12.8 Å². The van der Waals surface area contributed by atoms with E-state index in [-0.39, 0.29) is 16.3 Å². The molecule has 0 spiro atoms. The van der Waals surface area contributed by atoms with Gasteiger partial charge in [-0.25, -0.2) is 12.8 Å². The zero-order chi connectivity index (χ0) is 12.6. The molecule has 92 valence electrons. The number of anilines is 1. The van der Waals surface area contributed by atoms with Crippen LogP contribution in [0.2, 0.25) is 0 Å². The molecule has 0 unspecified atom stereocenters. The number of sulfonamides is 1. The van der Waals surface area contributed by atoms with Gasteiger partial charge in [0.05, 0.1) is 11.4 Å². The third-order valence-corrected chi connectivity index (χ3v) is 4.69. The number of rotatable bonds is 2. The molecule has 1 saturated heterocycles. The number of nitrogens with two attached hydrogens (primary N) is 1. The van der Waals surface area contributed by atoms with Crippen LogP contribution in [-0.2, 0) is 10.0 Å². The number of hydrogen-bond acceptors (Lipinski definition) is 3. The quantitative estimate of drug-likeness (QED) is 0.817. The van der Waals surface area contributed by atoms with Crippen molar-refractivity contribution in [1.82, 2.24) is 0 Å². The van der Waals surface area contributed by atoms with Crippen molar-refractivity contribution in [2.75, 3.05) is 16.6 Å². The predicted octanol–water partition coefficient (Wildman–Crippen LogP) is 1.000. The fourth-order valence-corrected chi connectivity index (χ4v) is 3.50. The minimum atomic E-state index is -3.27. The van der Waals surface area contributed by atoms with E-state index >= 15 is 0 Å². The summed E-state index contributed by atoms with van der Waals surface area (Å²) in [5.74, 6) is -0.426. The van der Waals surface area contributed by atoms with Gasteiger partial charge >= 0.3 is 0 Å². The Hall–Kier alpha value is -1.21. The van der Waals surface area contributed by atoms with E-state index < -0.39 is 15.8 Å². The lowest BCUT2D eigenvalue weighted by atomic mass is 10.2. The van der Waals surface area contributed by atoms with Crippen molar-refractivity contribution in [3.05, 3.63) is 29.6 Å². The van der Waals surface area contributed by atoms with Gasteiger partial charge in [-0.05, 0) is 24.6 Å². The molecule has 0 aliphatic carbocycles. The lowest BCUT2D eigenvalue weighted by Gasteiger charge is -2.17. The molecule has 1 aromatic rings. The second-order valence-electron chi connectivity index (χ2n) is 3.77. The maximum atomic E-state index is 13.4. The predicted molar refractivity (Wildman–Crippen MR) is 68.0 cm³/mol. The number of halogens is 1. The van der Waals surface area contributed by atoms with Crippen molar-refractivity contribution in [2.45, 2.75) is 6.42 Å². The Bertz CT molecular complexity index is 572. The average Bonchev–Trinajstić information content (AvgIpc) is 2.58. The average molecular weight is 274 g/mol. The van der Waals surface area contributed by atoms with Gasteiger partial charge in [-0.1, -0.05) is 12.2 Å². The molecule has 1 heterocycles. The molecule has 2 N–H and O–H groups in total. The zero-order valence-corrected chi connectivity index (χ0v) is 10.5. The summed E-state index contributed by atoms with van der Waals surface area (Å²) < 4.78 is 38.0. The minimum absolute atomic E-state index is 0.0691. The first-order valence-corrected chi connectivity index (χ1v) is 7.03. The summed E-state index contributed by atoms with van der Waals surface area (Å²) in [7, 11) is -3.27. The highest BCUT2D eigenvalue weighted by Crippen LogP contribution is 2.25. The molecule has 1 fully saturated rings. The van der Waals surface area contributed by atoms with Gasteiger partial charge in [-0.2, -0.15) is 0 Å². The van der Waals surface area contributed by atoms with E-state index in [2.05, 4.69) is 0 Å². The van der Waals surface area contributed by atoms with Gasteiger partial charge < -0.3 is 5.73 Å². The first-order valence-electron chi connectivity index (χ1n) is 5.01. The minimum Gasteiger partial charge on any atom is -0.389 e. The SMILES string of the molecule is NC(=S)c1cc(N2CCCS2(=O)=O)ccc1F. The van der Waals surface area contributed by atoms with E-state index in [0.717, 1.165) is 0 Å². The van der Waals surface area contributed by atoms with Crippen molar-refractivity contribution in [1.29, 1.82) is 0 Å². The lowest BCUT2D eigenvalue weighted by molar-refractivity contribution is 0.599. The van der Waals surface area contributed by atoms with Gasteiger partial charge in [-0.3, -0.25) is 4.31 Å². The maximum absolute atomic E-state index is 13.4. The van der Waals surface area contributed by atoms with Crippen LogP contribution in [0, 0.1) is 5.82 Å². The van der Waals surface area contributed by atoms with Crippen LogP contribution < -0.4 is 10.0 Å². The van der Waals surface area contributed by atoms with E-state index in [0.29, 0.717) is 18.7 Å². The third kappa shape index (κ3) is 2.25. The van der Waals surface area contributed by atoms with E-state index in [9.17, 15) is 12.8 Å². The summed E-state index contributed by atoms with van der Waals surface area (Å²) in [4.78, 5) is -0.0825. The number of thiocarbonyl (C=S) groups is 1. The highest BCUT2D eigenvalue weighted by atomic mass is 32.2. The van der Waals surface area contributed by atoms with Gasteiger partial charge in [0.1, 0.15) is 10.8 Å². The van der Waals surface area contributed by atoms with Crippen LogP contribution in [0.15, 0.2) is 18.2 Å².